The average Bonchev–Trinajstić information content (AvgIpc) is 2.78. The minimum atomic E-state index is -0.691. The van der Waals surface area contributed by atoms with Gasteiger partial charge in [-0.3, -0.25) is 14.9 Å². The Balaban J connectivity index is 1.87. The maximum atomic E-state index is 13.3. The molecule has 0 spiro atoms. The highest BCUT2D eigenvalue weighted by Gasteiger charge is 2.45. The molecule has 6 heteroatoms. The van der Waals surface area contributed by atoms with Crippen LogP contribution in [0.25, 0.3) is 0 Å². The summed E-state index contributed by atoms with van der Waals surface area (Å²) in [5, 5.41) is 2.77. The van der Waals surface area contributed by atoms with Gasteiger partial charge in [0.25, 0.3) is 5.91 Å². The first-order valence-corrected chi connectivity index (χ1v) is 11.1. The van der Waals surface area contributed by atoms with Crippen LogP contribution in [0, 0.1) is 5.41 Å². The molecule has 0 saturated carbocycles. The normalized spacial score (nSPS) is 19.5. The molecule has 1 amide bonds. The first kappa shape index (κ1) is 22.5. The molecule has 0 saturated heterocycles. The lowest BCUT2D eigenvalue weighted by atomic mass is 9.70. The fraction of sp³-hybridized carbons (Fsp3) is 0.296. The van der Waals surface area contributed by atoms with E-state index in [1.165, 1.54) is 0 Å². The molecule has 6 nitrogen and oxygen atoms in total. The van der Waals surface area contributed by atoms with Gasteiger partial charge in [-0.1, -0.05) is 62.4 Å². The molecule has 0 aromatic heterocycles. The quantitative estimate of drug-likeness (QED) is 0.678. The number of Topliss-reactive ketones (excluding diaryl/α,β-unsaturated/α-hetero) is 1. The van der Waals surface area contributed by atoms with E-state index in [-0.39, 0.29) is 29.3 Å². The summed E-state index contributed by atoms with van der Waals surface area (Å²) in [6.07, 6.45) is 0.860. The molecule has 1 N–H and O–H groups in total. The van der Waals surface area contributed by atoms with Gasteiger partial charge in [0, 0.05) is 24.0 Å². The van der Waals surface area contributed by atoms with Crippen LogP contribution in [0.1, 0.15) is 55.5 Å². The number of carbonyl (C=O) groups is 3. The smallest absolute Gasteiger partial charge is 0.340 e. The van der Waals surface area contributed by atoms with Crippen LogP contribution in [0.2, 0.25) is 0 Å². The lowest BCUT2D eigenvalue weighted by Gasteiger charge is -2.38. The minimum Gasteiger partial charge on any atom is -0.462 e. The Morgan fingerprint density at radius 1 is 1.03 bits per heavy atom. The predicted molar refractivity (Wildman–Crippen MR) is 123 cm³/mol. The fourth-order valence-corrected chi connectivity index (χ4v) is 4.40. The van der Waals surface area contributed by atoms with Crippen molar-refractivity contribution < 1.29 is 23.9 Å². The molecule has 0 bridgehead atoms. The van der Waals surface area contributed by atoms with Crippen molar-refractivity contribution in [3.05, 3.63) is 94.6 Å². The van der Waals surface area contributed by atoms with E-state index in [4.69, 9.17) is 9.47 Å². The molecule has 2 aromatic carbocycles. The molecule has 1 atom stereocenters. The van der Waals surface area contributed by atoms with Crippen LogP contribution < -0.4 is 5.32 Å². The Hall–Kier alpha value is -3.67. The molecule has 2 aliphatic rings. The van der Waals surface area contributed by atoms with E-state index >= 15 is 0 Å². The molecule has 2 aromatic rings. The van der Waals surface area contributed by atoms with Gasteiger partial charge in [0.05, 0.1) is 12.5 Å². The van der Waals surface area contributed by atoms with Gasteiger partial charge < -0.3 is 9.47 Å². The molecular weight excluding hydrogens is 418 g/mol. The van der Waals surface area contributed by atoms with E-state index in [0.29, 0.717) is 29.7 Å². The number of ether oxygens (including phenoxy) is 2. The first-order valence-electron chi connectivity index (χ1n) is 11.1. The molecule has 1 aliphatic heterocycles. The summed E-state index contributed by atoms with van der Waals surface area (Å²) in [5.74, 6) is -1.29. The number of hydrogen-bond acceptors (Lipinski definition) is 5. The van der Waals surface area contributed by atoms with Crippen molar-refractivity contribution in [2.24, 2.45) is 5.41 Å². The van der Waals surface area contributed by atoms with Crippen molar-refractivity contribution in [3.63, 3.8) is 0 Å². The van der Waals surface area contributed by atoms with Crippen LogP contribution in [0.3, 0.4) is 0 Å². The van der Waals surface area contributed by atoms with E-state index in [2.05, 4.69) is 5.32 Å². The van der Waals surface area contributed by atoms with Crippen LogP contribution in [-0.4, -0.2) is 24.3 Å². The summed E-state index contributed by atoms with van der Waals surface area (Å²) in [4.78, 5) is 39.5. The molecule has 33 heavy (non-hydrogen) atoms. The summed E-state index contributed by atoms with van der Waals surface area (Å²) in [7, 11) is 0. The lowest BCUT2D eigenvalue weighted by molar-refractivity contribution is -0.139. The van der Waals surface area contributed by atoms with Crippen LogP contribution in [-0.2, 0) is 19.1 Å². The summed E-state index contributed by atoms with van der Waals surface area (Å²) in [5.41, 5.74) is 1.47. The fourth-order valence-electron chi connectivity index (χ4n) is 4.40. The second kappa shape index (κ2) is 9.06. The Bertz CT molecular complexity index is 1150. The number of allylic oxidation sites excluding steroid dienone is 2. The molecule has 1 unspecified atom stereocenters. The van der Waals surface area contributed by atoms with Gasteiger partial charge in [0.2, 0.25) is 5.88 Å². The predicted octanol–water partition coefficient (Wildman–Crippen LogP) is 4.65. The zero-order valence-corrected chi connectivity index (χ0v) is 19.0. The summed E-state index contributed by atoms with van der Waals surface area (Å²) < 4.78 is 11.5. The maximum Gasteiger partial charge on any atom is 0.340 e. The number of rotatable bonds is 5. The lowest BCUT2D eigenvalue weighted by Crippen LogP contribution is -2.38. The van der Waals surface area contributed by atoms with Gasteiger partial charge >= 0.3 is 5.97 Å². The zero-order chi connectivity index (χ0) is 23.6. The monoisotopic (exact) mass is 445 g/mol. The van der Waals surface area contributed by atoms with Gasteiger partial charge in [0.15, 0.2) is 5.78 Å². The van der Waals surface area contributed by atoms with Crippen LogP contribution in [0.5, 0.6) is 0 Å². The molecule has 4 rings (SSSR count). The molecule has 0 fully saturated rings. The van der Waals surface area contributed by atoms with E-state index in [1.54, 1.807) is 31.2 Å². The van der Waals surface area contributed by atoms with Crippen LogP contribution >= 0.6 is 0 Å². The molecular formula is C27H27NO5. The third-order valence-electron chi connectivity index (χ3n) is 5.82. The van der Waals surface area contributed by atoms with Crippen molar-refractivity contribution in [2.45, 2.75) is 39.5 Å². The average molecular weight is 446 g/mol. The highest BCUT2D eigenvalue weighted by Crippen LogP contribution is 2.48. The Kier molecular flexibility index (Phi) is 6.18. The minimum absolute atomic E-state index is 0.0143. The second-order valence-electron chi connectivity index (χ2n) is 9.01. The second-order valence-corrected chi connectivity index (χ2v) is 9.01. The summed E-state index contributed by atoms with van der Waals surface area (Å²) in [6.45, 7) is 5.86. The number of carbonyl (C=O) groups excluding carboxylic acids is 3. The van der Waals surface area contributed by atoms with E-state index in [0.717, 1.165) is 5.56 Å². The number of esters is 1. The van der Waals surface area contributed by atoms with Gasteiger partial charge in [-0.2, -0.15) is 0 Å². The maximum absolute atomic E-state index is 13.3. The Morgan fingerprint density at radius 2 is 1.67 bits per heavy atom. The van der Waals surface area contributed by atoms with Crippen molar-refractivity contribution in [2.75, 3.05) is 6.61 Å². The van der Waals surface area contributed by atoms with Gasteiger partial charge in [-0.25, -0.2) is 4.79 Å². The standard InChI is InChI=1S/C27H27NO5/c1-4-32-26(31)23-21(17-11-7-5-8-12-17)22-19(29)15-27(2,3)16-20(22)33-25(23)28-24(30)18-13-9-6-10-14-18/h5-14,21H,4,15-16H2,1-3H3,(H,28,30). The number of nitrogens with one attached hydrogen (secondary N) is 1. The topological polar surface area (TPSA) is 81.7 Å². The molecule has 0 radical (unpaired) electrons. The van der Waals surface area contributed by atoms with E-state index in [1.807, 2.05) is 50.2 Å². The van der Waals surface area contributed by atoms with Crippen LogP contribution in [0.4, 0.5) is 0 Å². The largest absolute Gasteiger partial charge is 0.462 e. The first-order chi connectivity index (χ1) is 15.8. The zero-order valence-electron chi connectivity index (χ0n) is 19.0. The number of amides is 1. The van der Waals surface area contributed by atoms with Crippen molar-refractivity contribution in [3.8, 4) is 0 Å². The van der Waals surface area contributed by atoms with Gasteiger partial charge in [0.1, 0.15) is 11.3 Å². The molecule has 170 valence electrons. The molecule has 1 heterocycles. The van der Waals surface area contributed by atoms with Gasteiger partial charge in [-0.05, 0) is 30.0 Å². The highest BCUT2D eigenvalue weighted by atomic mass is 16.5. The summed E-state index contributed by atoms with van der Waals surface area (Å²) in [6, 6.07) is 18.0. The number of hydrogen-bond donors (Lipinski definition) is 1. The number of benzene rings is 2. The molecule has 1 aliphatic carbocycles. The van der Waals surface area contributed by atoms with Crippen molar-refractivity contribution in [1.29, 1.82) is 0 Å². The van der Waals surface area contributed by atoms with E-state index in [9.17, 15) is 14.4 Å². The summed E-state index contributed by atoms with van der Waals surface area (Å²) >= 11 is 0. The van der Waals surface area contributed by atoms with Crippen LogP contribution in [0.15, 0.2) is 83.5 Å². The Morgan fingerprint density at radius 3 is 2.30 bits per heavy atom. The SMILES string of the molecule is CCOC(=O)C1=C(NC(=O)c2ccccc2)OC2=C(C(=O)CC(C)(C)C2)C1c1ccccc1. The Labute approximate surface area is 193 Å². The number of ketones is 1. The van der Waals surface area contributed by atoms with E-state index < -0.39 is 17.8 Å². The third-order valence-corrected chi connectivity index (χ3v) is 5.82. The van der Waals surface area contributed by atoms with Gasteiger partial charge in [-0.15, -0.1) is 0 Å². The van der Waals surface area contributed by atoms with Crippen molar-refractivity contribution in [1.82, 2.24) is 5.32 Å². The third kappa shape index (κ3) is 4.60. The van der Waals surface area contributed by atoms with Crippen molar-refractivity contribution >= 4 is 17.7 Å². The highest BCUT2D eigenvalue weighted by molar-refractivity contribution is 6.04.